The SMILES string of the molecule is COC1(OC)CC(C)CCO1. The van der Waals surface area contributed by atoms with Crippen LogP contribution in [0, 0.1) is 5.92 Å². The molecule has 3 nitrogen and oxygen atoms in total. The van der Waals surface area contributed by atoms with Crippen molar-refractivity contribution in [1.82, 2.24) is 0 Å². The Labute approximate surface area is 67.6 Å². The number of methoxy groups -OCH3 is 2. The van der Waals surface area contributed by atoms with Crippen LogP contribution in [0.5, 0.6) is 0 Å². The molecular formula is C8H16O3. The smallest absolute Gasteiger partial charge is 0.282 e. The maximum absolute atomic E-state index is 5.39. The lowest BCUT2D eigenvalue weighted by molar-refractivity contribution is -0.381. The first-order chi connectivity index (χ1) is 5.22. The van der Waals surface area contributed by atoms with Gasteiger partial charge in [-0.05, 0) is 12.3 Å². The van der Waals surface area contributed by atoms with Gasteiger partial charge in [-0.25, -0.2) is 0 Å². The van der Waals surface area contributed by atoms with E-state index >= 15 is 0 Å². The molecule has 0 bridgehead atoms. The predicted octanol–water partition coefficient (Wildman–Crippen LogP) is 1.38. The van der Waals surface area contributed by atoms with E-state index in [4.69, 9.17) is 14.2 Å². The van der Waals surface area contributed by atoms with E-state index in [2.05, 4.69) is 6.92 Å². The van der Waals surface area contributed by atoms with Crippen molar-refractivity contribution in [3.63, 3.8) is 0 Å². The van der Waals surface area contributed by atoms with Crippen molar-refractivity contribution in [2.24, 2.45) is 5.92 Å². The van der Waals surface area contributed by atoms with Gasteiger partial charge in [0.2, 0.25) is 0 Å². The first kappa shape index (κ1) is 8.97. The monoisotopic (exact) mass is 160 g/mol. The van der Waals surface area contributed by atoms with Gasteiger partial charge in [-0.1, -0.05) is 6.92 Å². The third-order valence-corrected chi connectivity index (χ3v) is 2.15. The van der Waals surface area contributed by atoms with Gasteiger partial charge in [0.15, 0.2) is 0 Å². The molecule has 1 aliphatic heterocycles. The second-order valence-electron chi connectivity index (χ2n) is 3.04. The lowest BCUT2D eigenvalue weighted by Crippen LogP contribution is -2.42. The summed E-state index contributed by atoms with van der Waals surface area (Å²) in [7, 11) is 3.23. The van der Waals surface area contributed by atoms with E-state index < -0.39 is 5.97 Å². The van der Waals surface area contributed by atoms with E-state index in [1.54, 1.807) is 14.2 Å². The van der Waals surface area contributed by atoms with Crippen molar-refractivity contribution in [3.8, 4) is 0 Å². The van der Waals surface area contributed by atoms with Gasteiger partial charge in [0.1, 0.15) is 0 Å². The summed E-state index contributed by atoms with van der Waals surface area (Å²) in [5.41, 5.74) is 0. The summed E-state index contributed by atoms with van der Waals surface area (Å²) in [5, 5.41) is 0. The summed E-state index contributed by atoms with van der Waals surface area (Å²) in [5.74, 6) is -0.152. The van der Waals surface area contributed by atoms with Crippen LogP contribution >= 0.6 is 0 Å². The Bertz CT molecular complexity index is 121. The molecule has 0 aromatic heterocycles. The van der Waals surface area contributed by atoms with Gasteiger partial charge < -0.3 is 14.2 Å². The summed E-state index contributed by atoms with van der Waals surface area (Å²) in [6.45, 7) is 2.90. The fourth-order valence-corrected chi connectivity index (χ4v) is 1.37. The molecule has 0 saturated carbocycles. The maximum atomic E-state index is 5.39. The van der Waals surface area contributed by atoms with Gasteiger partial charge in [0.25, 0.3) is 5.97 Å². The lowest BCUT2D eigenvalue weighted by Gasteiger charge is -2.36. The standard InChI is InChI=1S/C8H16O3/c1-7-4-5-11-8(6-7,9-2)10-3/h7H,4-6H2,1-3H3. The molecule has 1 aliphatic rings. The van der Waals surface area contributed by atoms with E-state index in [9.17, 15) is 0 Å². The van der Waals surface area contributed by atoms with E-state index in [1.165, 1.54) is 0 Å². The second-order valence-corrected chi connectivity index (χ2v) is 3.04. The molecule has 0 N–H and O–H groups in total. The maximum Gasteiger partial charge on any atom is 0.282 e. The highest BCUT2D eigenvalue weighted by Crippen LogP contribution is 2.29. The van der Waals surface area contributed by atoms with Crippen molar-refractivity contribution in [2.45, 2.75) is 25.7 Å². The Morgan fingerprint density at radius 3 is 2.36 bits per heavy atom. The minimum absolute atomic E-state index is 0.614. The molecule has 1 heterocycles. The Morgan fingerprint density at radius 1 is 1.36 bits per heavy atom. The van der Waals surface area contributed by atoms with Crippen LogP contribution in [0.4, 0.5) is 0 Å². The molecule has 0 spiro atoms. The highest BCUT2D eigenvalue weighted by atomic mass is 16.9. The molecule has 1 unspecified atom stereocenters. The van der Waals surface area contributed by atoms with Crippen molar-refractivity contribution < 1.29 is 14.2 Å². The zero-order chi connectivity index (χ0) is 8.32. The molecule has 0 radical (unpaired) electrons. The van der Waals surface area contributed by atoms with Crippen LogP contribution in [0.2, 0.25) is 0 Å². The van der Waals surface area contributed by atoms with E-state index in [0.717, 1.165) is 19.4 Å². The minimum Gasteiger partial charge on any atom is -0.331 e. The first-order valence-electron chi connectivity index (χ1n) is 3.96. The Balaban J connectivity index is 2.52. The Kier molecular flexibility index (Phi) is 2.87. The summed E-state index contributed by atoms with van der Waals surface area (Å²) in [4.78, 5) is 0. The topological polar surface area (TPSA) is 27.7 Å². The largest absolute Gasteiger partial charge is 0.331 e. The molecule has 1 fully saturated rings. The van der Waals surface area contributed by atoms with Gasteiger partial charge in [-0.15, -0.1) is 0 Å². The number of hydrogen-bond acceptors (Lipinski definition) is 3. The molecule has 0 aromatic rings. The van der Waals surface area contributed by atoms with Gasteiger partial charge >= 0.3 is 0 Å². The fourth-order valence-electron chi connectivity index (χ4n) is 1.37. The van der Waals surface area contributed by atoms with Crippen molar-refractivity contribution in [1.29, 1.82) is 0 Å². The Morgan fingerprint density at radius 2 is 2.00 bits per heavy atom. The fraction of sp³-hybridized carbons (Fsp3) is 1.00. The summed E-state index contributed by atoms with van der Waals surface area (Å²) >= 11 is 0. The van der Waals surface area contributed by atoms with E-state index in [-0.39, 0.29) is 0 Å². The zero-order valence-corrected chi connectivity index (χ0v) is 7.42. The van der Waals surface area contributed by atoms with Crippen LogP contribution < -0.4 is 0 Å². The van der Waals surface area contributed by atoms with Gasteiger partial charge in [-0.3, -0.25) is 0 Å². The molecule has 66 valence electrons. The van der Waals surface area contributed by atoms with E-state index in [1.807, 2.05) is 0 Å². The molecule has 11 heavy (non-hydrogen) atoms. The quantitative estimate of drug-likeness (QED) is 0.571. The average molecular weight is 160 g/mol. The third-order valence-electron chi connectivity index (χ3n) is 2.15. The van der Waals surface area contributed by atoms with Crippen molar-refractivity contribution in [3.05, 3.63) is 0 Å². The lowest BCUT2D eigenvalue weighted by atomic mass is 10.0. The number of rotatable bonds is 2. The summed E-state index contributed by atoms with van der Waals surface area (Å²) < 4.78 is 15.7. The molecule has 0 aromatic carbocycles. The highest BCUT2D eigenvalue weighted by Gasteiger charge is 2.36. The second kappa shape index (κ2) is 3.52. The summed E-state index contributed by atoms with van der Waals surface area (Å²) in [6.07, 6.45) is 1.91. The molecule has 0 amide bonds. The molecular weight excluding hydrogens is 144 g/mol. The van der Waals surface area contributed by atoms with E-state index in [0.29, 0.717) is 5.92 Å². The van der Waals surface area contributed by atoms with Crippen LogP contribution in [0.25, 0.3) is 0 Å². The molecule has 1 atom stereocenters. The highest BCUT2D eigenvalue weighted by molar-refractivity contribution is 4.68. The number of ether oxygens (including phenoxy) is 3. The van der Waals surface area contributed by atoms with Crippen LogP contribution in [-0.2, 0) is 14.2 Å². The normalized spacial score (nSPS) is 30.3. The zero-order valence-electron chi connectivity index (χ0n) is 7.42. The molecule has 1 rings (SSSR count). The average Bonchev–Trinajstić information content (AvgIpc) is 2.04. The molecule has 0 aliphatic carbocycles. The first-order valence-corrected chi connectivity index (χ1v) is 3.96. The van der Waals surface area contributed by atoms with Crippen LogP contribution in [0.3, 0.4) is 0 Å². The third kappa shape index (κ3) is 1.92. The number of hydrogen-bond donors (Lipinski definition) is 0. The Hall–Kier alpha value is -0.120. The van der Waals surface area contributed by atoms with Gasteiger partial charge in [0, 0.05) is 20.6 Å². The van der Waals surface area contributed by atoms with Crippen molar-refractivity contribution in [2.75, 3.05) is 20.8 Å². The van der Waals surface area contributed by atoms with Crippen LogP contribution in [0.1, 0.15) is 19.8 Å². The minimum atomic E-state index is -0.766. The van der Waals surface area contributed by atoms with Crippen molar-refractivity contribution >= 4 is 0 Å². The van der Waals surface area contributed by atoms with Crippen LogP contribution in [0.15, 0.2) is 0 Å². The summed E-state index contributed by atoms with van der Waals surface area (Å²) in [6, 6.07) is 0. The van der Waals surface area contributed by atoms with Gasteiger partial charge in [0.05, 0.1) is 6.61 Å². The molecule has 1 saturated heterocycles. The predicted molar refractivity (Wildman–Crippen MR) is 41.1 cm³/mol. The van der Waals surface area contributed by atoms with Gasteiger partial charge in [-0.2, -0.15) is 0 Å². The van der Waals surface area contributed by atoms with Crippen LogP contribution in [-0.4, -0.2) is 26.8 Å². The molecule has 3 heteroatoms.